The summed E-state index contributed by atoms with van der Waals surface area (Å²) < 4.78 is 0.576. The summed E-state index contributed by atoms with van der Waals surface area (Å²) in [5.74, 6) is 0. The molecule has 0 aromatic heterocycles. The lowest BCUT2D eigenvalue weighted by Gasteiger charge is -1.90. The Kier molecular flexibility index (Phi) is 10.7. The van der Waals surface area contributed by atoms with Gasteiger partial charge in [0.1, 0.15) is 0 Å². The molecule has 0 N–H and O–H groups in total. The van der Waals surface area contributed by atoms with E-state index in [1.54, 1.807) is 0 Å². The third-order valence-electron chi connectivity index (χ3n) is 0.285. The first-order chi connectivity index (χ1) is 4.13. The van der Waals surface area contributed by atoms with Crippen LogP contribution < -0.4 is 0 Å². The second-order valence-corrected chi connectivity index (χ2v) is 3.23. The van der Waals surface area contributed by atoms with Crippen molar-refractivity contribution >= 4 is 23.4 Å². The van der Waals surface area contributed by atoms with Gasteiger partial charge in [0.15, 0.2) is 0 Å². The van der Waals surface area contributed by atoms with Gasteiger partial charge >= 0.3 is 0 Å². The van der Waals surface area contributed by atoms with E-state index in [1.165, 1.54) is 11.8 Å². The van der Waals surface area contributed by atoms with Gasteiger partial charge in [-0.15, -0.1) is 0 Å². The Hall–Kier alpha value is 0.120. The lowest BCUT2D eigenvalue weighted by atomic mass is 10.8. The van der Waals surface area contributed by atoms with Crippen LogP contribution in [0.5, 0.6) is 0 Å². The van der Waals surface area contributed by atoms with Crippen LogP contribution in [0.1, 0.15) is 20.8 Å². The summed E-state index contributed by atoms with van der Waals surface area (Å²) in [6.45, 7) is 13.0. The van der Waals surface area contributed by atoms with Crippen LogP contribution in [-0.2, 0) is 0 Å². The molecular formula is C7H13ClS. The van der Waals surface area contributed by atoms with E-state index < -0.39 is 0 Å². The molecule has 0 aliphatic heterocycles. The largest absolute Gasteiger partial charge is 0.0894 e. The SMILES string of the molecule is C=C(C)SC(=C)Cl.CC. The molecule has 0 aromatic rings. The van der Waals surface area contributed by atoms with Gasteiger partial charge in [-0.25, -0.2) is 0 Å². The van der Waals surface area contributed by atoms with Crippen molar-refractivity contribution in [3.05, 3.63) is 22.4 Å². The van der Waals surface area contributed by atoms with Crippen LogP contribution in [-0.4, -0.2) is 0 Å². The smallest absolute Gasteiger partial charge is 0.0707 e. The molecule has 0 aliphatic rings. The van der Waals surface area contributed by atoms with Crippen LogP contribution in [0.25, 0.3) is 0 Å². The molecule has 0 fully saturated rings. The van der Waals surface area contributed by atoms with Gasteiger partial charge in [0.05, 0.1) is 4.36 Å². The fraction of sp³-hybridized carbons (Fsp3) is 0.429. The Morgan fingerprint density at radius 3 is 1.67 bits per heavy atom. The summed E-state index contributed by atoms with van der Waals surface area (Å²) in [6, 6.07) is 0. The molecule has 54 valence electrons. The van der Waals surface area contributed by atoms with Crippen LogP contribution in [0, 0.1) is 0 Å². The lowest BCUT2D eigenvalue weighted by molar-refractivity contribution is 1.50. The molecule has 0 radical (unpaired) electrons. The number of halogens is 1. The van der Waals surface area contributed by atoms with E-state index in [2.05, 4.69) is 13.2 Å². The first-order valence-corrected chi connectivity index (χ1v) is 4.00. The van der Waals surface area contributed by atoms with Crippen molar-refractivity contribution < 1.29 is 0 Å². The zero-order valence-corrected chi connectivity index (χ0v) is 7.77. The van der Waals surface area contributed by atoms with E-state index in [4.69, 9.17) is 11.6 Å². The van der Waals surface area contributed by atoms with Gasteiger partial charge in [0.25, 0.3) is 0 Å². The standard InChI is InChI=1S/C5H7ClS.C2H6/c1-4(2)7-5(3)6;1-2/h1,3H2,2H3;1-2H3. The highest BCUT2D eigenvalue weighted by Crippen LogP contribution is 2.23. The van der Waals surface area contributed by atoms with E-state index >= 15 is 0 Å². The highest BCUT2D eigenvalue weighted by molar-refractivity contribution is 8.08. The van der Waals surface area contributed by atoms with Crippen LogP contribution in [0.3, 0.4) is 0 Å². The van der Waals surface area contributed by atoms with Gasteiger partial charge < -0.3 is 0 Å². The van der Waals surface area contributed by atoms with E-state index in [1.807, 2.05) is 20.8 Å². The number of hydrogen-bond donors (Lipinski definition) is 0. The number of rotatable bonds is 2. The third-order valence-corrected chi connectivity index (χ3v) is 1.09. The maximum absolute atomic E-state index is 5.38. The quantitative estimate of drug-likeness (QED) is 0.595. The minimum absolute atomic E-state index is 0.576. The van der Waals surface area contributed by atoms with Crippen LogP contribution in [0.15, 0.2) is 22.4 Å². The summed E-state index contributed by atoms with van der Waals surface area (Å²) in [5, 5.41) is 0. The van der Waals surface area contributed by atoms with E-state index in [0.717, 1.165) is 4.91 Å². The lowest BCUT2D eigenvalue weighted by Crippen LogP contribution is -1.56. The second kappa shape index (κ2) is 8.12. The molecule has 0 bridgehead atoms. The molecule has 0 aromatic carbocycles. The van der Waals surface area contributed by atoms with Crippen molar-refractivity contribution in [1.29, 1.82) is 0 Å². The van der Waals surface area contributed by atoms with Gasteiger partial charge in [0.2, 0.25) is 0 Å². The maximum atomic E-state index is 5.38. The normalized spacial score (nSPS) is 7.11. The summed E-state index contributed by atoms with van der Waals surface area (Å²) in [7, 11) is 0. The molecule has 0 rings (SSSR count). The molecule has 0 amide bonds. The monoisotopic (exact) mass is 164 g/mol. The zero-order chi connectivity index (χ0) is 7.86. The molecule has 0 saturated carbocycles. The number of allylic oxidation sites excluding steroid dienone is 1. The molecule has 0 aliphatic carbocycles. The van der Waals surface area contributed by atoms with E-state index in [9.17, 15) is 0 Å². The predicted molar refractivity (Wildman–Crippen MR) is 48.7 cm³/mol. The molecule has 0 heterocycles. The zero-order valence-electron chi connectivity index (χ0n) is 6.20. The average molecular weight is 165 g/mol. The Morgan fingerprint density at radius 1 is 1.33 bits per heavy atom. The fourth-order valence-electron chi connectivity index (χ4n) is 0.189. The summed E-state index contributed by atoms with van der Waals surface area (Å²) >= 11 is 6.77. The fourth-order valence-corrected chi connectivity index (χ4v) is 0.962. The Balaban J connectivity index is 0. The van der Waals surface area contributed by atoms with E-state index in [0.29, 0.717) is 4.36 Å². The highest BCUT2D eigenvalue weighted by atomic mass is 35.5. The molecule has 0 atom stereocenters. The van der Waals surface area contributed by atoms with Crippen molar-refractivity contribution in [2.45, 2.75) is 20.8 Å². The molecule has 0 unspecified atom stereocenters. The average Bonchev–Trinajstić information content (AvgIpc) is 1.68. The minimum atomic E-state index is 0.576. The number of hydrogen-bond acceptors (Lipinski definition) is 1. The molecule has 0 spiro atoms. The summed E-state index contributed by atoms with van der Waals surface area (Å²) in [6.07, 6.45) is 0. The van der Waals surface area contributed by atoms with Crippen molar-refractivity contribution in [3.8, 4) is 0 Å². The van der Waals surface area contributed by atoms with Gasteiger partial charge in [0, 0.05) is 0 Å². The van der Waals surface area contributed by atoms with Crippen molar-refractivity contribution in [2.75, 3.05) is 0 Å². The Labute approximate surface area is 67.0 Å². The van der Waals surface area contributed by atoms with Crippen LogP contribution in [0.4, 0.5) is 0 Å². The highest BCUT2D eigenvalue weighted by Gasteiger charge is 1.85. The summed E-state index contributed by atoms with van der Waals surface area (Å²) in [4.78, 5) is 0.972. The molecular weight excluding hydrogens is 152 g/mol. The first kappa shape index (κ1) is 11.9. The van der Waals surface area contributed by atoms with Crippen LogP contribution in [0.2, 0.25) is 0 Å². The molecule has 0 nitrogen and oxygen atoms in total. The predicted octanol–water partition coefficient (Wildman–Crippen LogP) is 3.99. The Morgan fingerprint density at radius 2 is 1.67 bits per heavy atom. The van der Waals surface area contributed by atoms with Crippen molar-refractivity contribution in [2.24, 2.45) is 0 Å². The molecule has 9 heavy (non-hydrogen) atoms. The van der Waals surface area contributed by atoms with Gasteiger partial charge in [-0.3, -0.25) is 0 Å². The molecule has 0 saturated heterocycles. The van der Waals surface area contributed by atoms with Gasteiger partial charge in [-0.05, 0) is 11.8 Å². The topological polar surface area (TPSA) is 0 Å². The molecule has 2 heteroatoms. The third kappa shape index (κ3) is 17.9. The van der Waals surface area contributed by atoms with Gasteiger partial charge in [-0.1, -0.05) is 50.4 Å². The van der Waals surface area contributed by atoms with E-state index in [-0.39, 0.29) is 0 Å². The first-order valence-electron chi connectivity index (χ1n) is 2.80. The second-order valence-electron chi connectivity index (χ2n) is 1.16. The van der Waals surface area contributed by atoms with Crippen molar-refractivity contribution in [1.82, 2.24) is 0 Å². The maximum Gasteiger partial charge on any atom is 0.0707 e. The summed E-state index contributed by atoms with van der Waals surface area (Å²) in [5.41, 5.74) is 0. The van der Waals surface area contributed by atoms with Gasteiger partial charge in [-0.2, -0.15) is 0 Å². The Bertz CT molecular complexity index is 85.1. The number of thioether (sulfide) groups is 1. The van der Waals surface area contributed by atoms with Crippen molar-refractivity contribution in [3.63, 3.8) is 0 Å². The minimum Gasteiger partial charge on any atom is -0.0894 e. The van der Waals surface area contributed by atoms with Crippen LogP contribution >= 0.6 is 23.4 Å².